The molecular formula is C17H27N3O2S. The first-order chi connectivity index (χ1) is 11.0. The normalized spacial score (nSPS) is 23.2. The van der Waals surface area contributed by atoms with E-state index < -0.39 is 10.0 Å². The van der Waals surface area contributed by atoms with Crippen LogP contribution >= 0.6 is 0 Å². The molecule has 0 unspecified atom stereocenters. The zero-order valence-electron chi connectivity index (χ0n) is 13.9. The van der Waals surface area contributed by atoms with Crippen LogP contribution in [0, 0.1) is 5.41 Å². The highest BCUT2D eigenvalue weighted by Gasteiger charge is 2.40. The molecule has 128 valence electrons. The summed E-state index contributed by atoms with van der Waals surface area (Å²) in [7, 11) is -3.03. The van der Waals surface area contributed by atoms with Crippen molar-refractivity contribution in [3.63, 3.8) is 0 Å². The molecule has 0 N–H and O–H groups in total. The van der Waals surface area contributed by atoms with Crippen LogP contribution < -0.4 is 0 Å². The number of pyridine rings is 1. The maximum absolute atomic E-state index is 12.0. The summed E-state index contributed by atoms with van der Waals surface area (Å²) in [5.74, 6) is 0.214. The Balaban J connectivity index is 1.61. The first kappa shape index (κ1) is 16.9. The molecule has 0 atom stereocenters. The number of nitrogens with zero attached hydrogens (tertiary/aromatic N) is 3. The van der Waals surface area contributed by atoms with Gasteiger partial charge in [0.25, 0.3) is 0 Å². The Morgan fingerprint density at radius 3 is 2.61 bits per heavy atom. The van der Waals surface area contributed by atoms with E-state index in [2.05, 4.69) is 16.0 Å². The summed E-state index contributed by atoms with van der Waals surface area (Å²) in [6.45, 7) is 6.20. The topological polar surface area (TPSA) is 53.5 Å². The largest absolute Gasteiger partial charge is 0.297 e. The minimum atomic E-state index is -3.03. The third-order valence-electron chi connectivity index (χ3n) is 5.39. The van der Waals surface area contributed by atoms with Gasteiger partial charge in [0.1, 0.15) is 0 Å². The summed E-state index contributed by atoms with van der Waals surface area (Å²) in [4.78, 5) is 6.93. The van der Waals surface area contributed by atoms with E-state index in [0.717, 1.165) is 38.2 Å². The molecule has 1 aromatic heterocycles. The standard InChI is InChI=1S/C17H27N3O2S/c1-2-23(21,22)20-12-8-17(9-13-20)7-5-11-19(15-17)14-16-6-3-4-10-18-16/h3-4,6,10H,2,5,7-9,11-15H2,1H3. The van der Waals surface area contributed by atoms with E-state index in [-0.39, 0.29) is 5.75 Å². The second-order valence-corrected chi connectivity index (χ2v) is 9.19. The van der Waals surface area contributed by atoms with Crippen LogP contribution in [0.5, 0.6) is 0 Å². The number of hydrogen-bond acceptors (Lipinski definition) is 4. The van der Waals surface area contributed by atoms with Crippen LogP contribution in [0.15, 0.2) is 24.4 Å². The Kier molecular flexibility index (Phi) is 5.04. The summed E-state index contributed by atoms with van der Waals surface area (Å²) in [6.07, 6.45) is 6.26. The highest BCUT2D eigenvalue weighted by molar-refractivity contribution is 7.89. The van der Waals surface area contributed by atoms with Crippen LogP contribution in [-0.4, -0.2) is 54.5 Å². The predicted octanol–water partition coefficient (Wildman–Crippen LogP) is 2.11. The van der Waals surface area contributed by atoms with E-state index in [1.807, 2.05) is 18.3 Å². The number of aromatic nitrogens is 1. The van der Waals surface area contributed by atoms with Gasteiger partial charge in [-0.1, -0.05) is 6.07 Å². The van der Waals surface area contributed by atoms with Crippen molar-refractivity contribution in [2.75, 3.05) is 31.9 Å². The Morgan fingerprint density at radius 2 is 1.96 bits per heavy atom. The lowest BCUT2D eigenvalue weighted by Gasteiger charge is -2.47. The van der Waals surface area contributed by atoms with Crippen LogP contribution in [0.3, 0.4) is 0 Å². The molecule has 23 heavy (non-hydrogen) atoms. The monoisotopic (exact) mass is 337 g/mol. The predicted molar refractivity (Wildman–Crippen MR) is 91.4 cm³/mol. The fourth-order valence-electron chi connectivity index (χ4n) is 4.00. The van der Waals surface area contributed by atoms with E-state index >= 15 is 0 Å². The van der Waals surface area contributed by atoms with Crippen molar-refractivity contribution in [2.24, 2.45) is 5.41 Å². The lowest BCUT2D eigenvalue weighted by atomic mass is 9.73. The van der Waals surface area contributed by atoms with Gasteiger partial charge in [0, 0.05) is 32.4 Å². The van der Waals surface area contributed by atoms with Gasteiger partial charge in [-0.05, 0) is 56.7 Å². The van der Waals surface area contributed by atoms with Gasteiger partial charge in [-0.2, -0.15) is 0 Å². The molecule has 0 aliphatic carbocycles. The third kappa shape index (κ3) is 3.92. The first-order valence-corrected chi connectivity index (χ1v) is 10.2. The maximum atomic E-state index is 12.0. The van der Waals surface area contributed by atoms with Crippen molar-refractivity contribution in [1.82, 2.24) is 14.2 Å². The minimum Gasteiger partial charge on any atom is -0.297 e. The smallest absolute Gasteiger partial charge is 0.213 e. The first-order valence-electron chi connectivity index (χ1n) is 8.63. The molecule has 1 spiro atoms. The van der Waals surface area contributed by atoms with Crippen molar-refractivity contribution >= 4 is 10.0 Å². The molecular weight excluding hydrogens is 310 g/mol. The van der Waals surface area contributed by atoms with Gasteiger partial charge in [-0.15, -0.1) is 0 Å². The summed E-state index contributed by atoms with van der Waals surface area (Å²) in [5, 5.41) is 0. The zero-order chi connectivity index (χ0) is 16.3. The molecule has 3 heterocycles. The van der Waals surface area contributed by atoms with Crippen molar-refractivity contribution < 1.29 is 8.42 Å². The number of likely N-dealkylation sites (tertiary alicyclic amines) is 1. The van der Waals surface area contributed by atoms with Crippen molar-refractivity contribution in [3.05, 3.63) is 30.1 Å². The van der Waals surface area contributed by atoms with Crippen LogP contribution in [0.4, 0.5) is 0 Å². The lowest BCUT2D eigenvalue weighted by Crippen LogP contribution is -2.50. The molecule has 0 bridgehead atoms. The molecule has 1 aromatic rings. The van der Waals surface area contributed by atoms with Gasteiger partial charge in [-0.3, -0.25) is 9.88 Å². The zero-order valence-corrected chi connectivity index (χ0v) is 14.8. The maximum Gasteiger partial charge on any atom is 0.213 e. The summed E-state index contributed by atoms with van der Waals surface area (Å²) in [5.41, 5.74) is 1.42. The van der Waals surface area contributed by atoms with E-state index in [9.17, 15) is 8.42 Å². The SMILES string of the molecule is CCS(=O)(=O)N1CCC2(CCCN(Cc3ccccn3)C2)CC1. The molecule has 2 aliphatic heterocycles. The second kappa shape index (κ2) is 6.87. The van der Waals surface area contributed by atoms with E-state index in [1.54, 1.807) is 11.2 Å². The van der Waals surface area contributed by atoms with Crippen molar-refractivity contribution in [1.29, 1.82) is 0 Å². The molecule has 2 fully saturated rings. The van der Waals surface area contributed by atoms with Gasteiger partial charge < -0.3 is 0 Å². The Bertz CT molecular complexity index is 610. The summed E-state index contributed by atoms with van der Waals surface area (Å²) < 4.78 is 25.8. The Morgan fingerprint density at radius 1 is 1.17 bits per heavy atom. The average molecular weight is 337 g/mol. The van der Waals surface area contributed by atoms with Gasteiger partial charge in [0.2, 0.25) is 10.0 Å². The van der Waals surface area contributed by atoms with E-state index in [4.69, 9.17) is 0 Å². The number of rotatable bonds is 4. The highest BCUT2D eigenvalue weighted by Crippen LogP contribution is 2.40. The van der Waals surface area contributed by atoms with Gasteiger partial charge in [0.05, 0.1) is 11.4 Å². The van der Waals surface area contributed by atoms with Gasteiger partial charge in [0.15, 0.2) is 0 Å². The molecule has 0 saturated carbocycles. The molecule has 2 aliphatic rings. The summed E-state index contributed by atoms with van der Waals surface area (Å²) in [6, 6.07) is 6.07. The van der Waals surface area contributed by atoms with E-state index in [1.165, 1.54) is 12.8 Å². The summed E-state index contributed by atoms with van der Waals surface area (Å²) >= 11 is 0. The van der Waals surface area contributed by atoms with Crippen LogP contribution in [-0.2, 0) is 16.6 Å². The Hall–Kier alpha value is -0.980. The highest BCUT2D eigenvalue weighted by atomic mass is 32.2. The van der Waals surface area contributed by atoms with Crippen molar-refractivity contribution in [2.45, 2.75) is 39.2 Å². The minimum absolute atomic E-state index is 0.214. The quantitative estimate of drug-likeness (QED) is 0.844. The molecule has 0 radical (unpaired) electrons. The van der Waals surface area contributed by atoms with E-state index in [0.29, 0.717) is 18.5 Å². The fourth-order valence-corrected chi connectivity index (χ4v) is 5.10. The molecule has 5 nitrogen and oxygen atoms in total. The fraction of sp³-hybridized carbons (Fsp3) is 0.706. The molecule has 3 rings (SSSR count). The number of sulfonamides is 1. The molecule has 0 amide bonds. The second-order valence-electron chi connectivity index (χ2n) is 6.93. The molecule has 2 saturated heterocycles. The molecule has 0 aromatic carbocycles. The lowest BCUT2D eigenvalue weighted by molar-refractivity contribution is 0.0387. The third-order valence-corrected chi connectivity index (χ3v) is 7.28. The van der Waals surface area contributed by atoms with Crippen LogP contribution in [0.1, 0.15) is 38.3 Å². The van der Waals surface area contributed by atoms with Gasteiger partial charge >= 0.3 is 0 Å². The van der Waals surface area contributed by atoms with Crippen molar-refractivity contribution in [3.8, 4) is 0 Å². The average Bonchev–Trinajstić information content (AvgIpc) is 2.56. The molecule has 6 heteroatoms. The van der Waals surface area contributed by atoms with Crippen LogP contribution in [0.2, 0.25) is 0 Å². The number of piperidine rings is 2. The van der Waals surface area contributed by atoms with Gasteiger partial charge in [-0.25, -0.2) is 12.7 Å². The Labute approximate surface area is 139 Å². The number of hydrogen-bond donors (Lipinski definition) is 0. The van der Waals surface area contributed by atoms with Crippen LogP contribution in [0.25, 0.3) is 0 Å².